The van der Waals surface area contributed by atoms with Gasteiger partial charge in [-0.05, 0) is 38.0 Å². The number of benzene rings is 1. The van der Waals surface area contributed by atoms with Gasteiger partial charge >= 0.3 is 0 Å². The van der Waals surface area contributed by atoms with Crippen molar-refractivity contribution >= 4 is 15.7 Å². The highest BCUT2D eigenvalue weighted by molar-refractivity contribution is 7.89. The molecule has 1 aliphatic carbocycles. The molecule has 0 aromatic heterocycles. The van der Waals surface area contributed by atoms with E-state index in [-0.39, 0.29) is 22.7 Å². The van der Waals surface area contributed by atoms with Crippen LogP contribution in [-0.4, -0.2) is 27.2 Å². The van der Waals surface area contributed by atoms with E-state index in [1.807, 2.05) is 6.92 Å². The van der Waals surface area contributed by atoms with Crippen LogP contribution in [-0.2, 0) is 14.8 Å². The van der Waals surface area contributed by atoms with Crippen molar-refractivity contribution in [1.82, 2.24) is 0 Å². The number of ether oxygens (including phenoxy) is 1. The van der Waals surface area contributed by atoms with Crippen LogP contribution in [0, 0.1) is 5.82 Å². The zero-order valence-electron chi connectivity index (χ0n) is 10.6. The van der Waals surface area contributed by atoms with Crippen LogP contribution in [0.3, 0.4) is 0 Å². The molecule has 2 rings (SSSR count). The monoisotopic (exact) mass is 288 g/mol. The highest BCUT2D eigenvalue weighted by Crippen LogP contribution is 2.28. The molecule has 3 N–H and O–H groups in total. The van der Waals surface area contributed by atoms with E-state index in [1.165, 1.54) is 12.1 Å². The van der Waals surface area contributed by atoms with Crippen molar-refractivity contribution in [3.63, 3.8) is 0 Å². The fraction of sp³-hybridized carbons (Fsp3) is 0.500. The van der Waals surface area contributed by atoms with Crippen molar-refractivity contribution in [3.05, 3.63) is 24.0 Å². The third-order valence-corrected chi connectivity index (χ3v) is 4.04. The Labute approximate surface area is 112 Å². The highest BCUT2D eigenvalue weighted by atomic mass is 32.2. The maximum absolute atomic E-state index is 13.7. The number of halogens is 1. The van der Waals surface area contributed by atoms with Crippen molar-refractivity contribution in [1.29, 1.82) is 0 Å². The first kappa shape index (κ1) is 14.2. The van der Waals surface area contributed by atoms with Crippen LogP contribution in [0.15, 0.2) is 23.1 Å². The van der Waals surface area contributed by atoms with E-state index >= 15 is 0 Å². The molecule has 1 fully saturated rings. The average Bonchev–Trinajstić information content (AvgIpc) is 2.27. The predicted molar refractivity (Wildman–Crippen MR) is 69.8 cm³/mol. The van der Waals surface area contributed by atoms with Crippen molar-refractivity contribution in [2.24, 2.45) is 5.14 Å². The molecule has 7 heteroatoms. The fourth-order valence-electron chi connectivity index (χ4n) is 2.07. The molecule has 0 heterocycles. The van der Waals surface area contributed by atoms with Gasteiger partial charge in [0.05, 0.1) is 16.7 Å². The maximum Gasteiger partial charge on any atom is 0.238 e. The van der Waals surface area contributed by atoms with Crippen LogP contribution in [0.5, 0.6) is 0 Å². The first-order chi connectivity index (χ1) is 8.90. The van der Waals surface area contributed by atoms with Crippen molar-refractivity contribution in [3.8, 4) is 0 Å². The van der Waals surface area contributed by atoms with Gasteiger partial charge in [0.15, 0.2) is 0 Å². The number of anilines is 1. The Balaban J connectivity index is 1.99. The number of hydrogen-bond donors (Lipinski definition) is 2. The van der Waals surface area contributed by atoms with E-state index in [2.05, 4.69) is 5.32 Å². The second kappa shape index (κ2) is 5.44. The van der Waals surface area contributed by atoms with E-state index in [0.29, 0.717) is 6.61 Å². The first-order valence-corrected chi connectivity index (χ1v) is 7.65. The van der Waals surface area contributed by atoms with Crippen LogP contribution < -0.4 is 10.5 Å². The topological polar surface area (TPSA) is 81.4 Å². The normalized spacial score (nSPS) is 22.9. The summed E-state index contributed by atoms with van der Waals surface area (Å²) in [6.07, 6.45) is 1.88. The minimum Gasteiger partial charge on any atom is -0.380 e. The minimum absolute atomic E-state index is 0.159. The quantitative estimate of drug-likeness (QED) is 0.859. The number of primary sulfonamides is 1. The molecule has 1 aromatic rings. The second-order valence-corrected chi connectivity index (χ2v) is 6.14. The van der Waals surface area contributed by atoms with Gasteiger partial charge in [-0.15, -0.1) is 0 Å². The van der Waals surface area contributed by atoms with E-state index in [4.69, 9.17) is 9.88 Å². The lowest BCUT2D eigenvalue weighted by Gasteiger charge is -2.36. The van der Waals surface area contributed by atoms with Gasteiger partial charge in [0.2, 0.25) is 10.0 Å². The van der Waals surface area contributed by atoms with E-state index < -0.39 is 15.8 Å². The molecule has 0 unspecified atom stereocenters. The minimum atomic E-state index is -3.87. The number of sulfonamides is 1. The summed E-state index contributed by atoms with van der Waals surface area (Å²) >= 11 is 0. The number of hydrogen-bond acceptors (Lipinski definition) is 4. The maximum atomic E-state index is 13.7. The molecule has 19 heavy (non-hydrogen) atoms. The molecule has 5 nitrogen and oxygen atoms in total. The second-order valence-electron chi connectivity index (χ2n) is 4.58. The summed E-state index contributed by atoms with van der Waals surface area (Å²) in [5, 5.41) is 7.96. The highest BCUT2D eigenvalue weighted by Gasteiger charge is 2.29. The Kier molecular flexibility index (Phi) is 4.07. The molecule has 0 aliphatic heterocycles. The van der Waals surface area contributed by atoms with Gasteiger partial charge < -0.3 is 10.1 Å². The van der Waals surface area contributed by atoms with Gasteiger partial charge in [-0.25, -0.2) is 17.9 Å². The summed E-state index contributed by atoms with van der Waals surface area (Å²) in [4.78, 5) is -0.226. The Hall–Kier alpha value is -1.18. The molecule has 0 saturated heterocycles. The Morgan fingerprint density at radius 3 is 2.68 bits per heavy atom. The number of nitrogens with one attached hydrogen (secondary N) is 1. The smallest absolute Gasteiger partial charge is 0.238 e. The first-order valence-electron chi connectivity index (χ1n) is 6.10. The number of nitrogens with two attached hydrogens (primary N) is 1. The average molecular weight is 288 g/mol. The van der Waals surface area contributed by atoms with Crippen molar-refractivity contribution < 1.29 is 17.5 Å². The summed E-state index contributed by atoms with van der Waals surface area (Å²) in [6.45, 7) is 2.61. The third kappa shape index (κ3) is 3.43. The van der Waals surface area contributed by atoms with E-state index in [0.717, 1.165) is 18.9 Å². The molecule has 0 radical (unpaired) electrons. The van der Waals surface area contributed by atoms with Gasteiger partial charge in [-0.3, -0.25) is 0 Å². The molecule has 0 atom stereocenters. The lowest BCUT2D eigenvalue weighted by Crippen LogP contribution is -2.41. The van der Waals surface area contributed by atoms with Gasteiger partial charge in [0, 0.05) is 12.6 Å². The fourth-order valence-corrected chi connectivity index (χ4v) is 2.59. The molecule has 0 bridgehead atoms. The SMILES string of the molecule is CCOC1CC(Nc2ccc(S(N)(=O)=O)cc2F)C1. The molecular formula is C12H17FN2O3S. The van der Waals surface area contributed by atoms with Crippen LogP contribution in [0.2, 0.25) is 0 Å². The van der Waals surface area contributed by atoms with Gasteiger partial charge in [0.25, 0.3) is 0 Å². The summed E-state index contributed by atoms with van der Waals surface area (Å²) in [5.41, 5.74) is 0.285. The van der Waals surface area contributed by atoms with Crippen LogP contribution in [0.4, 0.5) is 10.1 Å². The van der Waals surface area contributed by atoms with Crippen LogP contribution in [0.1, 0.15) is 19.8 Å². The molecule has 1 saturated carbocycles. The summed E-state index contributed by atoms with van der Waals surface area (Å²) in [5.74, 6) is -0.619. The lowest BCUT2D eigenvalue weighted by atomic mass is 9.89. The molecule has 1 aliphatic rings. The molecule has 1 aromatic carbocycles. The zero-order chi connectivity index (χ0) is 14.0. The molecule has 0 amide bonds. The Bertz CT molecular complexity index is 556. The third-order valence-electron chi connectivity index (χ3n) is 3.13. The molecular weight excluding hydrogens is 271 g/mol. The summed E-state index contributed by atoms with van der Waals surface area (Å²) in [7, 11) is -3.87. The Morgan fingerprint density at radius 1 is 1.47 bits per heavy atom. The van der Waals surface area contributed by atoms with Crippen LogP contribution >= 0.6 is 0 Å². The van der Waals surface area contributed by atoms with Crippen molar-refractivity contribution in [2.45, 2.75) is 36.8 Å². The predicted octanol–water partition coefficient (Wildman–Crippen LogP) is 1.45. The van der Waals surface area contributed by atoms with E-state index in [9.17, 15) is 12.8 Å². The van der Waals surface area contributed by atoms with Gasteiger partial charge in [-0.1, -0.05) is 0 Å². The van der Waals surface area contributed by atoms with E-state index in [1.54, 1.807) is 0 Å². The Morgan fingerprint density at radius 2 is 2.16 bits per heavy atom. The summed E-state index contributed by atoms with van der Waals surface area (Å²) < 4.78 is 41.3. The van der Waals surface area contributed by atoms with Crippen LogP contribution in [0.25, 0.3) is 0 Å². The standard InChI is InChI=1S/C12H17FN2O3S/c1-2-18-9-5-8(6-9)15-12-4-3-10(7-11(12)13)19(14,16)17/h3-4,7-9,15H,2,5-6H2,1H3,(H2,14,16,17). The van der Waals surface area contributed by atoms with Gasteiger partial charge in [0.1, 0.15) is 5.82 Å². The largest absolute Gasteiger partial charge is 0.380 e. The lowest BCUT2D eigenvalue weighted by molar-refractivity contribution is 0.00293. The van der Waals surface area contributed by atoms with Crippen molar-refractivity contribution in [2.75, 3.05) is 11.9 Å². The molecule has 106 valence electrons. The molecule has 0 spiro atoms. The van der Waals surface area contributed by atoms with Gasteiger partial charge in [-0.2, -0.15) is 0 Å². The summed E-state index contributed by atoms with van der Waals surface area (Å²) in [6, 6.07) is 3.77. The zero-order valence-corrected chi connectivity index (χ0v) is 11.4. The number of rotatable bonds is 5.